The molecule has 0 bridgehead atoms. The van der Waals surface area contributed by atoms with Crippen LogP contribution >= 0.6 is 11.8 Å². The highest BCUT2D eigenvalue weighted by atomic mass is 32.2. The summed E-state index contributed by atoms with van der Waals surface area (Å²) in [6.07, 6.45) is 0.850. The minimum Gasteiger partial charge on any atom is -0.478 e. The number of nitrogens with zero attached hydrogens (tertiary/aromatic N) is 2. The number of aryl methyl sites for hydroxylation is 1. The fourth-order valence-corrected chi connectivity index (χ4v) is 6.44. The number of hydrogen-bond donors (Lipinski definition) is 2. The predicted octanol–water partition coefficient (Wildman–Crippen LogP) is 4.01. The van der Waals surface area contributed by atoms with E-state index in [0.29, 0.717) is 31.9 Å². The Morgan fingerprint density at radius 2 is 1.62 bits per heavy atom. The molecule has 2 N–H and O–H groups in total. The van der Waals surface area contributed by atoms with Crippen LogP contribution in [0.3, 0.4) is 0 Å². The average Bonchev–Trinajstić information content (AvgIpc) is 2.86. The van der Waals surface area contributed by atoms with Gasteiger partial charge in [0.15, 0.2) is 0 Å². The molecule has 0 aliphatic carbocycles. The van der Waals surface area contributed by atoms with Gasteiger partial charge < -0.3 is 10.4 Å². The molecule has 0 unspecified atom stereocenters. The lowest BCUT2D eigenvalue weighted by atomic mass is 10.1. The van der Waals surface area contributed by atoms with E-state index in [2.05, 4.69) is 17.4 Å². The summed E-state index contributed by atoms with van der Waals surface area (Å²) < 4.78 is 29.9. The molecule has 34 heavy (non-hydrogen) atoms. The van der Waals surface area contributed by atoms with Crippen LogP contribution in [0.5, 0.6) is 0 Å². The molecule has 3 aromatic carbocycles. The van der Waals surface area contributed by atoms with E-state index in [-0.39, 0.29) is 11.3 Å². The van der Waals surface area contributed by atoms with Gasteiger partial charge in [0, 0.05) is 36.8 Å². The highest BCUT2D eigenvalue weighted by Gasteiger charge is 2.34. The van der Waals surface area contributed by atoms with Gasteiger partial charge in [-0.3, -0.25) is 0 Å². The van der Waals surface area contributed by atoms with Crippen LogP contribution in [-0.4, -0.2) is 55.7 Å². The first kappa shape index (κ1) is 24.3. The number of anilines is 2. The van der Waals surface area contributed by atoms with E-state index in [4.69, 9.17) is 0 Å². The van der Waals surface area contributed by atoms with Gasteiger partial charge in [-0.1, -0.05) is 48.5 Å². The summed E-state index contributed by atoms with van der Waals surface area (Å²) in [5, 5.41) is 13.2. The summed E-state index contributed by atoms with van der Waals surface area (Å²) in [7, 11) is -4.00. The molecule has 1 fully saturated rings. The second-order valence-electron chi connectivity index (χ2n) is 7.82. The van der Waals surface area contributed by atoms with Gasteiger partial charge in [-0.25, -0.2) is 9.10 Å². The molecule has 0 aromatic heterocycles. The molecule has 0 spiro atoms. The second kappa shape index (κ2) is 11.1. The van der Waals surface area contributed by atoms with Crippen molar-refractivity contribution in [2.45, 2.75) is 11.3 Å². The van der Waals surface area contributed by atoms with Gasteiger partial charge >= 0.3 is 16.2 Å². The van der Waals surface area contributed by atoms with Crippen molar-refractivity contribution in [3.05, 3.63) is 90.0 Å². The predicted molar refractivity (Wildman–Crippen MR) is 136 cm³/mol. The number of nitrogens with one attached hydrogen (secondary N) is 1. The van der Waals surface area contributed by atoms with Crippen molar-refractivity contribution in [3.8, 4) is 0 Å². The molecule has 0 saturated carbocycles. The Hall–Kier alpha value is -2.85. The SMILES string of the molecule is O=C(O)c1cc(SCCc2ccccc2)ccc1N(c1ccccc1)S(=O)(=O)N1CCNCC1. The van der Waals surface area contributed by atoms with Crippen molar-refractivity contribution in [2.24, 2.45) is 0 Å². The summed E-state index contributed by atoms with van der Waals surface area (Å²) in [5.74, 6) is -0.388. The van der Waals surface area contributed by atoms with E-state index in [9.17, 15) is 18.3 Å². The zero-order valence-corrected chi connectivity index (χ0v) is 20.3. The van der Waals surface area contributed by atoms with E-state index < -0.39 is 16.2 Å². The number of para-hydroxylation sites is 1. The van der Waals surface area contributed by atoms with Crippen LogP contribution in [-0.2, 0) is 16.6 Å². The lowest BCUT2D eigenvalue weighted by molar-refractivity contribution is 0.0697. The number of hydrogen-bond acceptors (Lipinski definition) is 5. The Kier molecular flexibility index (Phi) is 7.89. The molecule has 1 saturated heterocycles. The normalized spacial score (nSPS) is 14.6. The Bertz CT molecular complexity index is 1220. The van der Waals surface area contributed by atoms with Crippen LogP contribution in [0.25, 0.3) is 0 Å². The van der Waals surface area contributed by atoms with Gasteiger partial charge in [-0.05, 0) is 42.3 Å². The van der Waals surface area contributed by atoms with Gasteiger partial charge in [-0.15, -0.1) is 11.8 Å². The molecule has 1 aliphatic heterocycles. The molecule has 4 rings (SSSR count). The van der Waals surface area contributed by atoms with Crippen LogP contribution in [0.1, 0.15) is 15.9 Å². The third kappa shape index (κ3) is 5.61. The number of rotatable bonds is 9. The number of carboxylic acid groups (broad SMARTS) is 1. The summed E-state index contributed by atoms with van der Waals surface area (Å²) in [6.45, 7) is 1.73. The van der Waals surface area contributed by atoms with Crippen molar-refractivity contribution in [1.82, 2.24) is 9.62 Å². The number of piperazine rings is 1. The first-order chi connectivity index (χ1) is 16.5. The number of benzene rings is 3. The van der Waals surface area contributed by atoms with Crippen LogP contribution in [0, 0.1) is 0 Å². The number of carbonyl (C=O) groups is 1. The van der Waals surface area contributed by atoms with Crippen LogP contribution in [0.4, 0.5) is 11.4 Å². The molecule has 3 aromatic rings. The monoisotopic (exact) mass is 497 g/mol. The fourth-order valence-electron chi connectivity index (χ4n) is 3.84. The maximum Gasteiger partial charge on any atom is 0.337 e. The molecule has 178 valence electrons. The Morgan fingerprint density at radius 3 is 2.26 bits per heavy atom. The molecule has 0 amide bonds. The Labute approximate surface area is 204 Å². The zero-order valence-electron chi connectivity index (χ0n) is 18.6. The molecule has 1 aliphatic rings. The summed E-state index contributed by atoms with van der Waals surface area (Å²) >= 11 is 1.55. The van der Waals surface area contributed by atoms with Crippen molar-refractivity contribution < 1.29 is 18.3 Å². The second-order valence-corrected chi connectivity index (χ2v) is 10.8. The lowest BCUT2D eigenvalue weighted by Gasteiger charge is -2.34. The molecule has 9 heteroatoms. The van der Waals surface area contributed by atoms with E-state index in [0.717, 1.165) is 21.4 Å². The van der Waals surface area contributed by atoms with E-state index in [1.165, 1.54) is 9.87 Å². The maximum absolute atomic E-state index is 13.7. The maximum atomic E-state index is 13.7. The average molecular weight is 498 g/mol. The number of aromatic carboxylic acids is 1. The van der Waals surface area contributed by atoms with Crippen LogP contribution in [0.2, 0.25) is 0 Å². The summed E-state index contributed by atoms with van der Waals surface area (Å²) in [4.78, 5) is 13.0. The first-order valence-electron chi connectivity index (χ1n) is 11.1. The minimum absolute atomic E-state index is 0.0488. The van der Waals surface area contributed by atoms with Crippen molar-refractivity contribution in [3.63, 3.8) is 0 Å². The molecule has 7 nitrogen and oxygen atoms in total. The Balaban J connectivity index is 1.67. The fraction of sp³-hybridized carbons (Fsp3) is 0.240. The molecule has 0 atom stereocenters. The third-order valence-electron chi connectivity index (χ3n) is 5.54. The van der Waals surface area contributed by atoms with Crippen molar-refractivity contribution in [1.29, 1.82) is 0 Å². The standard InChI is InChI=1S/C25H27N3O4S2/c29-25(30)23-19-22(33-18-13-20-7-3-1-4-8-20)11-12-24(23)28(21-9-5-2-6-10-21)34(31,32)27-16-14-26-15-17-27/h1-12,19,26H,13-18H2,(H,29,30). The largest absolute Gasteiger partial charge is 0.478 e. The summed E-state index contributed by atoms with van der Waals surface area (Å²) in [6, 6.07) is 23.7. The first-order valence-corrected chi connectivity index (χ1v) is 13.5. The number of carboxylic acids is 1. The van der Waals surface area contributed by atoms with Gasteiger partial charge in [0.05, 0.1) is 16.9 Å². The van der Waals surface area contributed by atoms with Crippen molar-refractivity contribution >= 4 is 39.3 Å². The number of thioether (sulfide) groups is 1. The zero-order chi connectivity index (χ0) is 24.0. The minimum atomic E-state index is -4.00. The third-order valence-corrected chi connectivity index (χ3v) is 8.43. The summed E-state index contributed by atoms with van der Waals surface area (Å²) in [5.41, 5.74) is 1.69. The van der Waals surface area contributed by atoms with E-state index in [1.54, 1.807) is 60.3 Å². The molecule has 0 radical (unpaired) electrons. The van der Waals surface area contributed by atoms with Crippen LogP contribution in [0.15, 0.2) is 83.8 Å². The van der Waals surface area contributed by atoms with Gasteiger partial charge in [0.1, 0.15) is 0 Å². The van der Waals surface area contributed by atoms with Gasteiger partial charge in [0.2, 0.25) is 0 Å². The molecule has 1 heterocycles. The smallest absolute Gasteiger partial charge is 0.337 e. The van der Waals surface area contributed by atoms with E-state index in [1.807, 2.05) is 18.2 Å². The van der Waals surface area contributed by atoms with E-state index >= 15 is 0 Å². The molecular formula is C25H27N3O4S2. The lowest BCUT2D eigenvalue weighted by Crippen LogP contribution is -2.51. The van der Waals surface area contributed by atoms with Crippen LogP contribution < -0.4 is 9.62 Å². The highest BCUT2D eigenvalue weighted by molar-refractivity contribution is 7.99. The molecular weight excluding hydrogens is 470 g/mol. The quantitative estimate of drug-likeness (QED) is 0.434. The van der Waals surface area contributed by atoms with Gasteiger partial charge in [0.25, 0.3) is 0 Å². The van der Waals surface area contributed by atoms with Crippen molar-refractivity contribution in [2.75, 3.05) is 36.2 Å². The highest BCUT2D eigenvalue weighted by Crippen LogP contribution is 2.35. The van der Waals surface area contributed by atoms with Gasteiger partial charge in [-0.2, -0.15) is 12.7 Å². The topological polar surface area (TPSA) is 90.0 Å². The Morgan fingerprint density at radius 1 is 0.971 bits per heavy atom.